The highest BCUT2D eigenvalue weighted by molar-refractivity contribution is 7.86. The van der Waals surface area contributed by atoms with E-state index in [2.05, 4.69) is 0 Å². The average molecular weight is 338 g/mol. The van der Waals surface area contributed by atoms with Crippen molar-refractivity contribution in [1.82, 2.24) is 8.61 Å². The lowest BCUT2D eigenvalue weighted by Crippen LogP contribution is -2.40. The summed E-state index contributed by atoms with van der Waals surface area (Å²) in [6, 6.07) is 9.38. The van der Waals surface area contributed by atoms with Crippen LogP contribution in [0.15, 0.2) is 30.3 Å². The second-order valence-corrected chi connectivity index (χ2v) is 8.55. The standard InChI is InChI=1S/C16H22N2O4S/c1-17(9-12-5-3-2-4-6-12)23(21,22)18-10-14(13-7-8-13)15(11-18)16(19)20/h2-6,13-15H,7-11H2,1H3,(H,19,20)/t14-,15+/m1/s1. The van der Waals surface area contributed by atoms with Gasteiger partial charge < -0.3 is 5.11 Å². The first-order valence-corrected chi connectivity index (χ1v) is 9.27. The first kappa shape index (κ1) is 16.4. The van der Waals surface area contributed by atoms with Crippen molar-refractivity contribution in [2.24, 2.45) is 17.8 Å². The summed E-state index contributed by atoms with van der Waals surface area (Å²) in [4.78, 5) is 11.4. The minimum atomic E-state index is -3.64. The molecule has 7 heteroatoms. The van der Waals surface area contributed by atoms with Crippen LogP contribution in [-0.2, 0) is 21.5 Å². The molecule has 1 heterocycles. The third-order valence-corrected chi connectivity index (χ3v) is 6.71. The molecular formula is C16H22N2O4S. The number of carboxylic acid groups (broad SMARTS) is 1. The van der Waals surface area contributed by atoms with Crippen LogP contribution in [0.25, 0.3) is 0 Å². The van der Waals surface area contributed by atoms with E-state index in [0.717, 1.165) is 18.4 Å². The fourth-order valence-corrected chi connectivity index (χ4v) is 4.78. The predicted octanol–water partition coefficient (Wildman–Crippen LogP) is 1.41. The molecule has 0 unspecified atom stereocenters. The number of carbonyl (C=O) groups is 1. The molecule has 1 saturated heterocycles. The smallest absolute Gasteiger partial charge is 0.308 e. The van der Waals surface area contributed by atoms with Gasteiger partial charge in [0.15, 0.2) is 0 Å². The van der Waals surface area contributed by atoms with Crippen molar-refractivity contribution in [3.63, 3.8) is 0 Å². The van der Waals surface area contributed by atoms with E-state index in [4.69, 9.17) is 0 Å². The Morgan fingerprint density at radius 2 is 1.91 bits per heavy atom. The van der Waals surface area contributed by atoms with Crippen LogP contribution in [0.3, 0.4) is 0 Å². The van der Waals surface area contributed by atoms with Crippen LogP contribution in [0.2, 0.25) is 0 Å². The molecule has 1 aliphatic carbocycles. The van der Waals surface area contributed by atoms with Gasteiger partial charge in [0, 0.05) is 26.7 Å². The number of hydrogen-bond acceptors (Lipinski definition) is 3. The highest BCUT2D eigenvalue weighted by atomic mass is 32.2. The number of carboxylic acids is 1. The van der Waals surface area contributed by atoms with E-state index in [1.165, 1.54) is 8.61 Å². The molecule has 126 valence electrons. The molecule has 23 heavy (non-hydrogen) atoms. The zero-order valence-corrected chi connectivity index (χ0v) is 13.9. The molecular weight excluding hydrogens is 316 g/mol. The molecule has 2 fully saturated rings. The Hall–Kier alpha value is -1.44. The van der Waals surface area contributed by atoms with Gasteiger partial charge in [-0.3, -0.25) is 4.79 Å². The highest BCUT2D eigenvalue weighted by Crippen LogP contribution is 2.44. The Bertz CT molecular complexity index is 673. The summed E-state index contributed by atoms with van der Waals surface area (Å²) in [5, 5.41) is 9.38. The zero-order valence-electron chi connectivity index (χ0n) is 13.1. The molecule has 3 rings (SSSR count). The number of rotatable bonds is 6. The van der Waals surface area contributed by atoms with E-state index >= 15 is 0 Å². The zero-order chi connectivity index (χ0) is 16.6. The van der Waals surface area contributed by atoms with Crippen molar-refractivity contribution in [2.75, 3.05) is 20.1 Å². The topological polar surface area (TPSA) is 77.9 Å². The van der Waals surface area contributed by atoms with Crippen molar-refractivity contribution in [3.05, 3.63) is 35.9 Å². The van der Waals surface area contributed by atoms with E-state index in [1.54, 1.807) is 7.05 Å². The van der Waals surface area contributed by atoms with Crippen molar-refractivity contribution < 1.29 is 18.3 Å². The first-order chi connectivity index (χ1) is 10.9. The summed E-state index contributed by atoms with van der Waals surface area (Å²) in [6.45, 7) is 0.687. The van der Waals surface area contributed by atoms with E-state index in [0.29, 0.717) is 12.5 Å². The van der Waals surface area contributed by atoms with Gasteiger partial charge in [-0.1, -0.05) is 30.3 Å². The lowest BCUT2D eigenvalue weighted by molar-refractivity contribution is -0.142. The molecule has 0 bridgehead atoms. The van der Waals surface area contributed by atoms with Gasteiger partial charge in [-0.15, -0.1) is 0 Å². The van der Waals surface area contributed by atoms with Gasteiger partial charge in [-0.2, -0.15) is 17.0 Å². The minimum Gasteiger partial charge on any atom is -0.481 e. The largest absolute Gasteiger partial charge is 0.481 e. The summed E-state index contributed by atoms with van der Waals surface area (Å²) < 4.78 is 28.2. The molecule has 0 amide bonds. The van der Waals surface area contributed by atoms with Gasteiger partial charge >= 0.3 is 5.97 Å². The fourth-order valence-electron chi connectivity index (χ4n) is 3.36. The number of nitrogens with zero attached hydrogens (tertiary/aromatic N) is 2. The van der Waals surface area contributed by atoms with Crippen LogP contribution in [0, 0.1) is 17.8 Å². The second kappa shape index (κ2) is 6.22. The molecule has 6 nitrogen and oxygen atoms in total. The summed E-state index contributed by atoms with van der Waals surface area (Å²) in [6.07, 6.45) is 2.03. The van der Waals surface area contributed by atoms with E-state index in [9.17, 15) is 18.3 Å². The molecule has 0 radical (unpaired) electrons. The van der Waals surface area contributed by atoms with Crippen LogP contribution in [0.5, 0.6) is 0 Å². The van der Waals surface area contributed by atoms with E-state index < -0.39 is 22.1 Å². The third kappa shape index (κ3) is 3.41. The summed E-state index contributed by atoms with van der Waals surface area (Å²) in [7, 11) is -2.09. The van der Waals surface area contributed by atoms with Crippen molar-refractivity contribution >= 4 is 16.2 Å². The van der Waals surface area contributed by atoms with Crippen LogP contribution < -0.4 is 0 Å². The van der Waals surface area contributed by atoms with E-state index in [1.807, 2.05) is 30.3 Å². The molecule has 1 N–H and O–H groups in total. The Labute approximate surface area is 136 Å². The van der Waals surface area contributed by atoms with Crippen molar-refractivity contribution in [2.45, 2.75) is 19.4 Å². The SMILES string of the molecule is CN(Cc1ccccc1)S(=O)(=O)N1C[C@H](C(=O)O)[C@@H](C2CC2)C1. The molecule has 1 saturated carbocycles. The summed E-state index contributed by atoms with van der Waals surface area (Å²) >= 11 is 0. The number of hydrogen-bond donors (Lipinski definition) is 1. The average Bonchev–Trinajstić information content (AvgIpc) is 3.25. The Morgan fingerprint density at radius 3 is 2.48 bits per heavy atom. The Balaban J connectivity index is 1.73. The summed E-state index contributed by atoms with van der Waals surface area (Å²) in [5.74, 6) is -1.14. The normalized spacial score (nSPS) is 25.8. The molecule has 1 aromatic rings. The fraction of sp³-hybridized carbons (Fsp3) is 0.562. The van der Waals surface area contributed by atoms with Gasteiger partial charge in [0.2, 0.25) is 0 Å². The summed E-state index contributed by atoms with van der Waals surface area (Å²) in [5.41, 5.74) is 0.909. The lowest BCUT2D eigenvalue weighted by Gasteiger charge is -2.24. The lowest BCUT2D eigenvalue weighted by atomic mass is 9.92. The van der Waals surface area contributed by atoms with Gasteiger partial charge in [-0.25, -0.2) is 0 Å². The highest BCUT2D eigenvalue weighted by Gasteiger charge is 2.49. The predicted molar refractivity (Wildman–Crippen MR) is 85.7 cm³/mol. The maximum atomic E-state index is 12.8. The minimum absolute atomic E-state index is 0.0487. The van der Waals surface area contributed by atoms with Gasteiger partial charge in [0.05, 0.1) is 5.92 Å². The maximum Gasteiger partial charge on any atom is 0.308 e. The monoisotopic (exact) mass is 338 g/mol. The Kier molecular flexibility index (Phi) is 4.44. The van der Waals surface area contributed by atoms with Gasteiger partial charge in [0.25, 0.3) is 10.2 Å². The molecule has 2 aliphatic rings. The quantitative estimate of drug-likeness (QED) is 0.851. The second-order valence-electron chi connectivity index (χ2n) is 6.51. The molecule has 1 aliphatic heterocycles. The molecule has 2 atom stereocenters. The molecule has 1 aromatic carbocycles. The van der Waals surface area contributed by atoms with Crippen LogP contribution in [0.4, 0.5) is 0 Å². The third-order valence-electron chi connectivity index (χ3n) is 4.84. The molecule has 0 spiro atoms. The van der Waals surface area contributed by atoms with Crippen molar-refractivity contribution in [1.29, 1.82) is 0 Å². The van der Waals surface area contributed by atoms with Crippen LogP contribution in [0.1, 0.15) is 18.4 Å². The van der Waals surface area contributed by atoms with Gasteiger partial charge in [0.1, 0.15) is 0 Å². The Morgan fingerprint density at radius 1 is 1.26 bits per heavy atom. The van der Waals surface area contributed by atoms with Crippen molar-refractivity contribution in [3.8, 4) is 0 Å². The maximum absolute atomic E-state index is 12.8. The number of aliphatic carboxylic acids is 1. The van der Waals surface area contributed by atoms with Gasteiger partial charge in [-0.05, 0) is 30.2 Å². The number of benzene rings is 1. The van der Waals surface area contributed by atoms with E-state index in [-0.39, 0.29) is 19.0 Å². The molecule has 0 aromatic heterocycles. The van der Waals surface area contributed by atoms with Crippen LogP contribution >= 0.6 is 0 Å². The first-order valence-electron chi connectivity index (χ1n) is 7.87. The van der Waals surface area contributed by atoms with Crippen LogP contribution in [-0.4, -0.2) is 48.2 Å².